The molecule has 0 spiro atoms. The normalized spacial score (nSPS) is 19.9. The molecule has 1 atom stereocenters. The Hall–Kier alpha value is -1.53. The number of oxime groups is 1. The third-order valence-electron chi connectivity index (χ3n) is 3.40. The van der Waals surface area contributed by atoms with Crippen molar-refractivity contribution in [2.45, 2.75) is 12.8 Å². The third kappa shape index (κ3) is 3.32. The molecule has 2 heterocycles. The number of hydrogen-bond donors (Lipinski definition) is 2. The summed E-state index contributed by atoms with van der Waals surface area (Å²) < 4.78 is 5.48. The number of nitrogens with zero attached hydrogens (tertiary/aromatic N) is 3. The Morgan fingerprint density at radius 2 is 2.50 bits per heavy atom. The van der Waals surface area contributed by atoms with Crippen LogP contribution >= 0.6 is 11.6 Å². The van der Waals surface area contributed by atoms with Gasteiger partial charge in [0.1, 0.15) is 5.82 Å². The van der Waals surface area contributed by atoms with E-state index in [2.05, 4.69) is 10.1 Å². The van der Waals surface area contributed by atoms with Crippen LogP contribution in [-0.4, -0.2) is 42.8 Å². The quantitative estimate of drug-likeness (QED) is 0.382. The van der Waals surface area contributed by atoms with Gasteiger partial charge in [-0.25, -0.2) is 4.98 Å². The van der Waals surface area contributed by atoms with Gasteiger partial charge in [0.2, 0.25) is 0 Å². The fraction of sp³-hybridized carbons (Fsp3) is 0.538. The van der Waals surface area contributed by atoms with Gasteiger partial charge >= 0.3 is 0 Å². The Bertz CT molecular complexity index is 489. The maximum atomic E-state index is 8.76. The van der Waals surface area contributed by atoms with E-state index in [1.165, 1.54) is 0 Å². The summed E-state index contributed by atoms with van der Waals surface area (Å²) in [5.74, 6) is 1.08. The first kappa shape index (κ1) is 14.9. The van der Waals surface area contributed by atoms with E-state index in [1.54, 1.807) is 12.3 Å². The van der Waals surface area contributed by atoms with Crippen molar-refractivity contribution in [3.8, 4) is 0 Å². The molecule has 1 unspecified atom stereocenters. The van der Waals surface area contributed by atoms with E-state index in [0.717, 1.165) is 32.6 Å². The minimum Gasteiger partial charge on any atom is -0.409 e. The van der Waals surface area contributed by atoms with Gasteiger partial charge in [0.25, 0.3) is 0 Å². The number of pyridine rings is 1. The molecule has 1 saturated heterocycles. The van der Waals surface area contributed by atoms with Crippen molar-refractivity contribution in [3.05, 3.63) is 22.8 Å². The summed E-state index contributed by atoms with van der Waals surface area (Å²) in [6, 6.07) is 1.62. The zero-order valence-corrected chi connectivity index (χ0v) is 12.2. The van der Waals surface area contributed by atoms with Gasteiger partial charge in [-0.05, 0) is 24.8 Å². The summed E-state index contributed by atoms with van der Waals surface area (Å²) >= 11 is 6.29. The minimum absolute atomic E-state index is 0.0203. The fourth-order valence-electron chi connectivity index (χ4n) is 2.38. The highest BCUT2D eigenvalue weighted by molar-refractivity contribution is 6.36. The second-order valence-electron chi connectivity index (χ2n) is 4.95. The lowest BCUT2D eigenvalue weighted by molar-refractivity contribution is 0.0576. The van der Waals surface area contributed by atoms with E-state index in [9.17, 15) is 0 Å². The molecule has 0 radical (unpaired) electrons. The highest BCUT2D eigenvalue weighted by Crippen LogP contribution is 2.27. The van der Waals surface area contributed by atoms with Crippen LogP contribution in [0.3, 0.4) is 0 Å². The predicted octanol–water partition coefficient (Wildman–Crippen LogP) is 1.69. The molecule has 7 heteroatoms. The Kier molecular flexibility index (Phi) is 5.03. The van der Waals surface area contributed by atoms with Crippen LogP contribution in [0, 0.1) is 5.92 Å². The van der Waals surface area contributed by atoms with Gasteiger partial charge < -0.3 is 20.6 Å². The van der Waals surface area contributed by atoms with Gasteiger partial charge in [0, 0.05) is 32.0 Å². The number of halogens is 1. The van der Waals surface area contributed by atoms with E-state index >= 15 is 0 Å². The van der Waals surface area contributed by atoms with Crippen molar-refractivity contribution in [1.82, 2.24) is 4.98 Å². The molecule has 3 N–H and O–H groups in total. The predicted molar refractivity (Wildman–Crippen MR) is 78.6 cm³/mol. The maximum Gasteiger partial charge on any atom is 0.171 e. The summed E-state index contributed by atoms with van der Waals surface area (Å²) in [5.41, 5.74) is 6.08. The number of ether oxygens (including phenoxy) is 1. The van der Waals surface area contributed by atoms with Crippen molar-refractivity contribution >= 4 is 23.3 Å². The summed E-state index contributed by atoms with van der Waals surface area (Å²) in [6.07, 6.45) is 3.83. The molecule has 0 aliphatic carbocycles. The van der Waals surface area contributed by atoms with E-state index in [0.29, 0.717) is 22.3 Å². The second kappa shape index (κ2) is 6.76. The first-order valence-electron chi connectivity index (χ1n) is 6.54. The molecule has 1 fully saturated rings. The second-order valence-corrected chi connectivity index (χ2v) is 5.32. The van der Waals surface area contributed by atoms with Gasteiger partial charge in [-0.3, -0.25) is 0 Å². The van der Waals surface area contributed by atoms with Crippen LogP contribution < -0.4 is 10.6 Å². The first-order valence-corrected chi connectivity index (χ1v) is 6.92. The van der Waals surface area contributed by atoms with Crippen molar-refractivity contribution in [2.75, 3.05) is 31.7 Å². The molecule has 1 aliphatic heterocycles. The standard InChI is InChI=1S/C13H19ClN4O2/c1-18(7-9-3-2-6-20-8-9)13-11(14)10(4-5-16-13)12(15)17-19/h4-5,9,19H,2-3,6-8H2,1H3,(H2,15,17). The highest BCUT2D eigenvalue weighted by Gasteiger charge is 2.19. The third-order valence-corrected chi connectivity index (χ3v) is 3.78. The molecule has 0 amide bonds. The molecule has 2 rings (SSSR count). The van der Waals surface area contributed by atoms with Crippen molar-refractivity contribution in [2.24, 2.45) is 16.8 Å². The lowest BCUT2D eigenvalue weighted by atomic mass is 10.0. The van der Waals surface area contributed by atoms with E-state index in [-0.39, 0.29) is 5.84 Å². The highest BCUT2D eigenvalue weighted by atomic mass is 35.5. The SMILES string of the molecule is CN(CC1CCCOC1)c1nccc(/C(N)=N/O)c1Cl. The number of nitrogens with two attached hydrogens (primary N) is 1. The Morgan fingerprint density at radius 3 is 3.15 bits per heavy atom. The molecule has 6 nitrogen and oxygen atoms in total. The largest absolute Gasteiger partial charge is 0.409 e. The average Bonchev–Trinajstić information content (AvgIpc) is 2.47. The van der Waals surface area contributed by atoms with Crippen molar-refractivity contribution < 1.29 is 9.94 Å². The lowest BCUT2D eigenvalue weighted by Crippen LogP contribution is -2.31. The average molecular weight is 299 g/mol. The lowest BCUT2D eigenvalue weighted by Gasteiger charge is -2.28. The number of amidine groups is 1. The molecular formula is C13H19ClN4O2. The molecular weight excluding hydrogens is 280 g/mol. The first-order chi connectivity index (χ1) is 9.63. The van der Waals surface area contributed by atoms with Crippen LogP contribution in [0.4, 0.5) is 5.82 Å². The monoisotopic (exact) mass is 298 g/mol. The van der Waals surface area contributed by atoms with Crippen molar-refractivity contribution in [1.29, 1.82) is 0 Å². The van der Waals surface area contributed by atoms with Crippen LogP contribution in [0.1, 0.15) is 18.4 Å². The summed E-state index contributed by atoms with van der Waals surface area (Å²) in [6.45, 7) is 2.42. The number of hydrogen-bond acceptors (Lipinski definition) is 5. The number of rotatable bonds is 4. The Balaban J connectivity index is 2.15. The van der Waals surface area contributed by atoms with Gasteiger partial charge in [-0.1, -0.05) is 16.8 Å². The van der Waals surface area contributed by atoms with Crippen LogP contribution in [0.2, 0.25) is 5.02 Å². The van der Waals surface area contributed by atoms with Crippen LogP contribution in [0.5, 0.6) is 0 Å². The number of aromatic nitrogens is 1. The molecule has 1 aliphatic rings. The number of anilines is 1. The van der Waals surface area contributed by atoms with Gasteiger partial charge in [-0.2, -0.15) is 0 Å². The fourth-order valence-corrected chi connectivity index (χ4v) is 2.73. The zero-order chi connectivity index (χ0) is 14.5. The summed E-state index contributed by atoms with van der Waals surface area (Å²) in [5, 5.41) is 12.1. The summed E-state index contributed by atoms with van der Waals surface area (Å²) in [7, 11) is 1.93. The Morgan fingerprint density at radius 1 is 1.70 bits per heavy atom. The van der Waals surface area contributed by atoms with Crippen molar-refractivity contribution in [3.63, 3.8) is 0 Å². The van der Waals surface area contributed by atoms with Gasteiger partial charge in [0.15, 0.2) is 5.84 Å². The summed E-state index contributed by atoms with van der Waals surface area (Å²) in [4.78, 5) is 6.26. The van der Waals surface area contributed by atoms with Crippen LogP contribution in [0.15, 0.2) is 17.4 Å². The van der Waals surface area contributed by atoms with Crippen LogP contribution in [-0.2, 0) is 4.74 Å². The zero-order valence-electron chi connectivity index (χ0n) is 11.4. The minimum atomic E-state index is -0.0203. The van der Waals surface area contributed by atoms with Crippen LogP contribution in [0.25, 0.3) is 0 Å². The van der Waals surface area contributed by atoms with Gasteiger partial charge in [-0.15, -0.1) is 0 Å². The molecule has 1 aromatic heterocycles. The molecule has 0 bridgehead atoms. The topological polar surface area (TPSA) is 84.0 Å². The maximum absolute atomic E-state index is 8.76. The molecule has 110 valence electrons. The molecule has 0 aromatic carbocycles. The van der Waals surface area contributed by atoms with Gasteiger partial charge in [0.05, 0.1) is 11.6 Å². The molecule has 20 heavy (non-hydrogen) atoms. The molecule has 1 aromatic rings. The molecule has 0 saturated carbocycles. The van der Waals surface area contributed by atoms with E-state index in [1.807, 2.05) is 11.9 Å². The van der Waals surface area contributed by atoms with E-state index < -0.39 is 0 Å². The Labute approximate surface area is 123 Å². The smallest absolute Gasteiger partial charge is 0.171 e. The van der Waals surface area contributed by atoms with E-state index in [4.69, 9.17) is 27.3 Å².